The van der Waals surface area contributed by atoms with Crippen LogP contribution in [0.15, 0.2) is 6.07 Å². The average molecular weight is 253 g/mol. The highest BCUT2D eigenvalue weighted by Crippen LogP contribution is 2.08. The number of aromatic amines is 1. The number of aromatic nitrogens is 2. The monoisotopic (exact) mass is 253 g/mol. The van der Waals surface area contributed by atoms with Crippen molar-refractivity contribution in [2.24, 2.45) is 5.92 Å². The normalized spacial score (nSPS) is 13.9. The van der Waals surface area contributed by atoms with E-state index in [1.165, 1.54) is 0 Å². The van der Waals surface area contributed by atoms with E-state index in [9.17, 15) is 9.59 Å². The molecule has 6 heteroatoms. The molecule has 0 bridgehead atoms. The molecule has 0 saturated carbocycles. The molecule has 1 aromatic heterocycles. The Bertz CT molecular complexity index is 428. The fourth-order valence-corrected chi connectivity index (χ4v) is 1.64. The molecule has 1 amide bonds. The van der Waals surface area contributed by atoms with E-state index in [1.54, 1.807) is 13.0 Å². The van der Waals surface area contributed by atoms with E-state index in [-0.39, 0.29) is 18.2 Å². The number of aryl methyl sites for hydroxylation is 1. The number of H-pyrrole nitrogens is 1. The Kier molecular flexibility index (Phi) is 4.88. The summed E-state index contributed by atoms with van der Waals surface area (Å²) >= 11 is 0. The van der Waals surface area contributed by atoms with Crippen LogP contribution in [0.25, 0.3) is 0 Å². The maximum Gasteiger partial charge on any atom is 0.326 e. The number of carbonyl (C=O) groups is 2. The minimum atomic E-state index is -1.00. The van der Waals surface area contributed by atoms with Gasteiger partial charge in [0.05, 0.1) is 12.1 Å². The van der Waals surface area contributed by atoms with Gasteiger partial charge in [0.15, 0.2) is 0 Å². The molecule has 3 N–H and O–H groups in total. The fourth-order valence-electron chi connectivity index (χ4n) is 1.64. The topological polar surface area (TPSA) is 95.1 Å². The summed E-state index contributed by atoms with van der Waals surface area (Å²) in [5, 5.41) is 18.3. The highest BCUT2D eigenvalue weighted by atomic mass is 16.4. The second-order valence-corrected chi connectivity index (χ2v) is 4.49. The van der Waals surface area contributed by atoms with E-state index in [0.717, 1.165) is 5.69 Å². The summed E-state index contributed by atoms with van der Waals surface area (Å²) < 4.78 is 0. The van der Waals surface area contributed by atoms with Crippen molar-refractivity contribution >= 4 is 11.9 Å². The minimum Gasteiger partial charge on any atom is -0.480 e. The van der Waals surface area contributed by atoms with Crippen LogP contribution in [0.4, 0.5) is 0 Å². The third kappa shape index (κ3) is 3.87. The molecule has 0 aliphatic rings. The lowest BCUT2D eigenvalue weighted by Crippen LogP contribution is -2.45. The quantitative estimate of drug-likeness (QED) is 0.701. The first-order valence-electron chi connectivity index (χ1n) is 5.97. The number of rotatable bonds is 6. The maximum atomic E-state index is 11.7. The Balaban J connectivity index is 2.59. The van der Waals surface area contributed by atoms with Crippen LogP contribution in [-0.4, -0.2) is 33.2 Å². The fraction of sp³-hybridized carbons (Fsp3) is 0.583. The zero-order valence-corrected chi connectivity index (χ0v) is 10.9. The zero-order valence-electron chi connectivity index (χ0n) is 10.9. The van der Waals surface area contributed by atoms with Gasteiger partial charge in [-0.3, -0.25) is 9.89 Å². The van der Waals surface area contributed by atoms with E-state index in [4.69, 9.17) is 5.11 Å². The van der Waals surface area contributed by atoms with Crippen molar-refractivity contribution in [1.82, 2.24) is 15.5 Å². The van der Waals surface area contributed by atoms with E-state index in [2.05, 4.69) is 15.5 Å². The number of carbonyl (C=O) groups excluding carboxylic acids is 1. The van der Waals surface area contributed by atoms with Gasteiger partial charge in [-0.25, -0.2) is 4.79 Å². The average Bonchev–Trinajstić information content (AvgIpc) is 2.70. The van der Waals surface area contributed by atoms with Crippen LogP contribution in [0.2, 0.25) is 0 Å². The number of hydrogen-bond donors (Lipinski definition) is 3. The van der Waals surface area contributed by atoms with Crippen molar-refractivity contribution in [3.05, 3.63) is 17.5 Å². The molecular weight excluding hydrogens is 234 g/mol. The lowest BCUT2D eigenvalue weighted by Gasteiger charge is -2.19. The van der Waals surface area contributed by atoms with Gasteiger partial charge in [-0.2, -0.15) is 5.10 Å². The Morgan fingerprint density at radius 2 is 2.22 bits per heavy atom. The first-order valence-corrected chi connectivity index (χ1v) is 5.97. The van der Waals surface area contributed by atoms with Gasteiger partial charge in [-0.15, -0.1) is 0 Å². The van der Waals surface area contributed by atoms with Crippen LogP contribution in [0.3, 0.4) is 0 Å². The van der Waals surface area contributed by atoms with Gasteiger partial charge >= 0.3 is 5.97 Å². The molecule has 0 aromatic carbocycles. The van der Waals surface area contributed by atoms with Crippen molar-refractivity contribution in [3.8, 4) is 0 Å². The second-order valence-electron chi connectivity index (χ2n) is 4.49. The van der Waals surface area contributed by atoms with Crippen molar-refractivity contribution in [2.45, 2.75) is 39.7 Å². The van der Waals surface area contributed by atoms with Crippen LogP contribution in [-0.2, 0) is 16.0 Å². The van der Waals surface area contributed by atoms with Crippen LogP contribution in [0.5, 0.6) is 0 Å². The number of amides is 1. The molecule has 18 heavy (non-hydrogen) atoms. The first kappa shape index (κ1) is 14.2. The summed E-state index contributed by atoms with van der Waals surface area (Å²) in [5.74, 6) is -1.43. The van der Waals surface area contributed by atoms with Crippen molar-refractivity contribution in [3.63, 3.8) is 0 Å². The van der Waals surface area contributed by atoms with Gasteiger partial charge in [-0.05, 0) is 18.9 Å². The van der Waals surface area contributed by atoms with Crippen molar-refractivity contribution in [1.29, 1.82) is 0 Å². The van der Waals surface area contributed by atoms with E-state index in [0.29, 0.717) is 12.1 Å². The Labute approximate surface area is 106 Å². The molecule has 0 saturated heterocycles. The zero-order chi connectivity index (χ0) is 13.7. The molecule has 1 heterocycles. The Morgan fingerprint density at radius 3 is 2.67 bits per heavy atom. The minimum absolute atomic E-state index is 0.0879. The summed E-state index contributed by atoms with van der Waals surface area (Å²) in [7, 11) is 0. The smallest absolute Gasteiger partial charge is 0.326 e. The van der Waals surface area contributed by atoms with Crippen molar-refractivity contribution in [2.75, 3.05) is 0 Å². The van der Waals surface area contributed by atoms with E-state index < -0.39 is 12.0 Å². The summed E-state index contributed by atoms with van der Waals surface area (Å²) in [6.45, 7) is 5.54. The predicted octanol–water partition coefficient (Wildman–Crippen LogP) is 0.876. The highest BCUT2D eigenvalue weighted by molar-refractivity contribution is 5.84. The number of nitrogens with one attached hydrogen (secondary N) is 2. The molecule has 0 aliphatic heterocycles. The lowest BCUT2D eigenvalue weighted by molar-refractivity contribution is -0.143. The van der Waals surface area contributed by atoms with Crippen molar-refractivity contribution < 1.29 is 14.7 Å². The molecular formula is C12H19N3O3. The maximum absolute atomic E-state index is 11.7. The van der Waals surface area contributed by atoms with Gasteiger partial charge in [-0.1, -0.05) is 20.3 Å². The van der Waals surface area contributed by atoms with Gasteiger partial charge in [0.25, 0.3) is 0 Å². The summed E-state index contributed by atoms with van der Waals surface area (Å²) in [5.41, 5.74) is 1.48. The summed E-state index contributed by atoms with van der Waals surface area (Å²) in [6.07, 6.45) is 0.781. The number of nitrogens with zero attached hydrogens (tertiary/aromatic N) is 1. The Morgan fingerprint density at radius 1 is 1.56 bits per heavy atom. The number of hydrogen-bond acceptors (Lipinski definition) is 3. The van der Waals surface area contributed by atoms with E-state index >= 15 is 0 Å². The third-order valence-electron chi connectivity index (χ3n) is 2.90. The molecule has 100 valence electrons. The number of carboxylic acid groups (broad SMARTS) is 1. The van der Waals surface area contributed by atoms with Crippen LogP contribution < -0.4 is 5.32 Å². The van der Waals surface area contributed by atoms with Crippen LogP contribution in [0.1, 0.15) is 31.7 Å². The first-order chi connectivity index (χ1) is 8.43. The molecule has 0 radical (unpaired) electrons. The molecule has 6 nitrogen and oxygen atoms in total. The van der Waals surface area contributed by atoms with Crippen LogP contribution in [0, 0.1) is 12.8 Å². The summed E-state index contributed by atoms with van der Waals surface area (Å²) in [4.78, 5) is 22.8. The highest BCUT2D eigenvalue weighted by Gasteiger charge is 2.25. The predicted molar refractivity (Wildman–Crippen MR) is 66.1 cm³/mol. The van der Waals surface area contributed by atoms with Gasteiger partial charge in [0.1, 0.15) is 6.04 Å². The van der Waals surface area contributed by atoms with E-state index in [1.807, 2.05) is 13.8 Å². The molecule has 0 fully saturated rings. The van der Waals surface area contributed by atoms with Crippen LogP contribution >= 0.6 is 0 Å². The Hall–Kier alpha value is -1.85. The second kappa shape index (κ2) is 6.18. The SMILES string of the molecule is CC[C@H](C)[C@H](NC(=O)Cc1cc(C)[nH]n1)C(=O)O. The van der Waals surface area contributed by atoms with Gasteiger partial charge in [0, 0.05) is 5.69 Å². The van der Waals surface area contributed by atoms with Gasteiger partial charge in [0.2, 0.25) is 5.91 Å². The molecule has 1 aromatic rings. The number of carboxylic acids is 1. The molecule has 0 aliphatic carbocycles. The third-order valence-corrected chi connectivity index (χ3v) is 2.90. The van der Waals surface area contributed by atoms with Gasteiger partial charge < -0.3 is 10.4 Å². The summed E-state index contributed by atoms with van der Waals surface area (Å²) in [6, 6.07) is 0.918. The molecule has 2 atom stereocenters. The largest absolute Gasteiger partial charge is 0.480 e. The molecule has 0 unspecified atom stereocenters. The molecule has 0 spiro atoms. The lowest BCUT2D eigenvalue weighted by atomic mass is 9.99. The standard InChI is InChI=1S/C12H19N3O3/c1-4-7(2)11(12(17)18)13-10(16)6-9-5-8(3)14-15-9/h5,7,11H,4,6H2,1-3H3,(H,13,16)(H,14,15)(H,17,18)/t7-,11-/m0/s1. The number of aliphatic carboxylic acids is 1. The molecule has 1 rings (SSSR count).